The van der Waals surface area contributed by atoms with E-state index in [-0.39, 0.29) is 24.0 Å². The van der Waals surface area contributed by atoms with Gasteiger partial charge in [-0.25, -0.2) is 8.42 Å². The zero-order chi connectivity index (χ0) is 17.4. The monoisotopic (exact) mass is 481 g/mol. The van der Waals surface area contributed by atoms with Crippen LogP contribution in [-0.2, 0) is 21.0 Å². The van der Waals surface area contributed by atoms with Gasteiger partial charge in [-0.05, 0) is 43.4 Å². The highest BCUT2D eigenvalue weighted by molar-refractivity contribution is 14.0. The summed E-state index contributed by atoms with van der Waals surface area (Å²) in [5, 5.41) is 6.56. The first-order valence-corrected chi connectivity index (χ1v) is 10.2. The van der Waals surface area contributed by atoms with Crippen LogP contribution >= 0.6 is 24.0 Å². The average molecular weight is 481 g/mol. The molecule has 1 atom stereocenters. The number of benzene rings is 1. The molecule has 0 spiro atoms. The van der Waals surface area contributed by atoms with Crippen LogP contribution in [0.5, 0.6) is 0 Å². The molecular formula is C17H28IN3O3S. The maximum atomic E-state index is 11.4. The molecule has 0 saturated carbocycles. The Morgan fingerprint density at radius 2 is 1.92 bits per heavy atom. The lowest BCUT2D eigenvalue weighted by Gasteiger charge is -2.14. The number of hydrogen-bond donors (Lipinski definition) is 2. The minimum absolute atomic E-state index is 0. The summed E-state index contributed by atoms with van der Waals surface area (Å²) in [6, 6.07) is 7.01. The predicted octanol–water partition coefficient (Wildman–Crippen LogP) is 1.98. The van der Waals surface area contributed by atoms with Crippen molar-refractivity contribution in [1.29, 1.82) is 0 Å². The Morgan fingerprint density at radius 1 is 1.24 bits per heavy atom. The number of guanidine groups is 1. The Bertz CT molecular complexity index is 642. The van der Waals surface area contributed by atoms with Crippen molar-refractivity contribution in [1.82, 2.24) is 10.6 Å². The van der Waals surface area contributed by atoms with Crippen LogP contribution in [0.4, 0.5) is 0 Å². The van der Waals surface area contributed by atoms with E-state index in [2.05, 4.69) is 15.6 Å². The van der Waals surface area contributed by atoms with Crippen LogP contribution in [0.25, 0.3) is 0 Å². The number of sulfone groups is 1. The smallest absolute Gasteiger partial charge is 0.190 e. The van der Waals surface area contributed by atoms with E-state index in [4.69, 9.17) is 4.74 Å². The van der Waals surface area contributed by atoms with Crippen molar-refractivity contribution in [2.45, 2.75) is 36.7 Å². The van der Waals surface area contributed by atoms with Crippen molar-refractivity contribution in [2.75, 3.05) is 33.0 Å². The van der Waals surface area contributed by atoms with Crippen molar-refractivity contribution >= 4 is 39.8 Å². The first-order chi connectivity index (χ1) is 11.5. The van der Waals surface area contributed by atoms with Gasteiger partial charge in [0.05, 0.1) is 11.0 Å². The third-order valence-electron chi connectivity index (χ3n) is 4.06. The SMILES string of the molecule is CN=C(NCCc1ccc(S(C)(=O)=O)cc1)NCCC1CCCO1.I. The first-order valence-electron chi connectivity index (χ1n) is 8.34. The molecule has 1 aliphatic rings. The van der Waals surface area contributed by atoms with Crippen LogP contribution in [0.2, 0.25) is 0 Å². The Balaban J connectivity index is 0.00000312. The fraction of sp³-hybridized carbons (Fsp3) is 0.588. The fourth-order valence-electron chi connectivity index (χ4n) is 2.67. The minimum Gasteiger partial charge on any atom is -0.378 e. The number of rotatable bonds is 7. The molecule has 2 N–H and O–H groups in total. The van der Waals surface area contributed by atoms with E-state index in [1.165, 1.54) is 6.26 Å². The zero-order valence-corrected chi connectivity index (χ0v) is 18.0. The largest absolute Gasteiger partial charge is 0.378 e. The second-order valence-corrected chi connectivity index (χ2v) is 8.03. The van der Waals surface area contributed by atoms with E-state index in [1.54, 1.807) is 19.2 Å². The van der Waals surface area contributed by atoms with Crippen molar-refractivity contribution in [2.24, 2.45) is 4.99 Å². The highest BCUT2D eigenvalue weighted by Gasteiger charge is 2.14. The molecule has 1 aliphatic heterocycles. The van der Waals surface area contributed by atoms with Crippen molar-refractivity contribution in [3.63, 3.8) is 0 Å². The quantitative estimate of drug-likeness (QED) is 0.354. The summed E-state index contributed by atoms with van der Waals surface area (Å²) in [5.74, 6) is 0.778. The first kappa shape index (κ1) is 22.2. The summed E-state index contributed by atoms with van der Waals surface area (Å²) < 4.78 is 28.5. The van der Waals surface area contributed by atoms with Crippen LogP contribution < -0.4 is 10.6 Å². The van der Waals surface area contributed by atoms with Gasteiger partial charge in [0.25, 0.3) is 0 Å². The van der Waals surface area contributed by atoms with Gasteiger partial charge in [0.2, 0.25) is 0 Å². The molecule has 25 heavy (non-hydrogen) atoms. The van der Waals surface area contributed by atoms with Crippen molar-refractivity contribution < 1.29 is 13.2 Å². The number of ether oxygens (including phenoxy) is 1. The Kier molecular flexibility index (Phi) is 9.73. The summed E-state index contributed by atoms with van der Waals surface area (Å²) in [7, 11) is -1.38. The third-order valence-corrected chi connectivity index (χ3v) is 5.19. The van der Waals surface area contributed by atoms with Crippen LogP contribution in [0.1, 0.15) is 24.8 Å². The predicted molar refractivity (Wildman–Crippen MR) is 112 cm³/mol. The lowest BCUT2D eigenvalue weighted by molar-refractivity contribution is 0.105. The molecule has 0 amide bonds. The van der Waals surface area contributed by atoms with E-state index in [1.807, 2.05) is 12.1 Å². The number of nitrogens with zero attached hydrogens (tertiary/aromatic N) is 1. The highest BCUT2D eigenvalue weighted by atomic mass is 127. The molecule has 6 nitrogen and oxygen atoms in total. The molecule has 1 aromatic rings. The van der Waals surface area contributed by atoms with Gasteiger partial charge >= 0.3 is 0 Å². The normalized spacial score (nSPS) is 17.8. The van der Waals surface area contributed by atoms with Crippen molar-refractivity contribution in [3.8, 4) is 0 Å². The number of hydrogen-bond acceptors (Lipinski definition) is 4. The van der Waals surface area contributed by atoms with Crippen LogP contribution in [0, 0.1) is 0 Å². The van der Waals surface area contributed by atoms with Gasteiger partial charge in [0.1, 0.15) is 0 Å². The van der Waals surface area contributed by atoms with E-state index in [0.717, 1.165) is 56.9 Å². The van der Waals surface area contributed by atoms with E-state index < -0.39 is 9.84 Å². The fourth-order valence-corrected chi connectivity index (χ4v) is 3.30. The van der Waals surface area contributed by atoms with Crippen molar-refractivity contribution in [3.05, 3.63) is 29.8 Å². The van der Waals surface area contributed by atoms with E-state index in [0.29, 0.717) is 11.0 Å². The van der Waals surface area contributed by atoms with Gasteiger partial charge in [-0.2, -0.15) is 0 Å². The molecule has 0 aliphatic carbocycles. The molecule has 0 aromatic heterocycles. The maximum Gasteiger partial charge on any atom is 0.190 e. The zero-order valence-electron chi connectivity index (χ0n) is 14.8. The Morgan fingerprint density at radius 3 is 2.48 bits per heavy atom. The molecule has 1 unspecified atom stereocenters. The standard InChI is InChI=1S/C17H27N3O3S.HI/c1-18-17(20-12-10-15-4-3-13-23-15)19-11-9-14-5-7-16(8-6-14)24(2,21)22;/h5-8,15H,3-4,9-13H2,1-2H3,(H2,18,19,20);1H. The molecule has 142 valence electrons. The summed E-state index contributed by atoms with van der Waals surface area (Å²) >= 11 is 0. The molecule has 2 rings (SSSR count). The molecule has 0 bridgehead atoms. The van der Waals surface area contributed by atoms with Gasteiger partial charge in [-0.3, -0.25) is 4.99 Å². The summed E-state index contributed by atoms with van der Waals surface area (Å²) in [5.41, 5.74) is 1.09. The molecule has 8 heteroatoms. The summed E-state index contributed by atoms with van der Waals surface area (Å²) in [6.07, 6.45) is 5.70. The van der Waals surface area contributed by atoms with Gasteiger partial charge in [0, 0.05) is 33.0 Å². The summed E-state index contributed by atoms with van der Waals surface area (Å²) in [4.78, 5) is 4.56. The lowest BCUT2D eigenvalue weighted by Crippen LogP contribution is -2.39. The Labute approximate surface area is 167 Å². The van der Waals surface area contributed by atoms with Crippen LogP contribution in [0.15, 0.2) is 34.2 Å². The topological polar surface area (TPSA) is 79.8 Å². The minimum atomic E-state index is -3.13. The molecule has 1 fully saturated rings. The molecule has 1 heterocycles. The number of aliphatic imine (C=N–C) groups is 1. The molecule has 1 aromatic carbocycles. The summed E-state index contributed by atoms with van der Waals surface area (Å²) in [6.45, 7) is 2.46. The second kappa shape index (κ2) is 11.0. The third kappa shape index (κ3) is 7.91. The average Bonchev–Trinajstić information content (AvgIpc) is 3.06. The Hall–Kier alpha value is -0.870. The van der Waals surface area contributed by atoms with Gasteiger partial charge in [0.15, 0.2) is 15.8 Å². The molecular weight excluding hydrogens is 453 g/mol. The van der Waals surface area contributed by atoms with Gasteiger partial charge < -0.3 is 15.4 Å². The van der Waals surface area contributed by atoms with Gasteiger partial charge in [-0.15, -0.1) is 24.0 Å². The number of halogens is 1. The van der Waals surface area contributed by atoms with E-state index >= 15 is 0 Å². The van der Waals surface area contributed by atoms with Gasteiger partial charge in [-0.1, -0.05) is 12.1 Å². The van der Waals surface area contributed by atoms with Crippen LogP contribution in [0.3, 0.4) is 0 Å². The second-order valence-electron chi connectivity index (χ2n) is 6.02. The molecule has 0 radical (unpaired) electrons. The highest BCUT2D eigenvalue weighted by Crippen LogP contribution is 2.14. The molecule has 1 saturated heterocycles. The van der Waals surface area contributed by atoms with Crippen LogP contribution in [-0.4, -0.2) is 53.5 Å². The van der Waals surface area contributed by atoms with E-state index in [9.17, 15) is 8.42 Å². The maximum absolute atomic E-state index is 11.4. The lowest BCUT2D eigenvalue weighted by atomic mass is 10.1. The number of nitrogens with one attached hydrogen (secondary N) is 2.